The summed E-state index contributed by atoms with van der Waals surface area (Å²) in [5.41, 5.74) is 2.03. The number of rotatable bonds is 4. The van der Waals surface area contributed by atoms with Crippen molar-refractivity contribution in [1.29, 1.82) is 0 Å². The molecule has 0 saturated carbocycles. The molecular weight excluding hydrogens is 324 g/mol. The van der Waals surface area contributed by atoms with E-state index in [4.69, 9.17) is 14.2 Å². The maximum atomic E-state index is 5.39. The summed E-state index contributed by atoms with van der Waals surface area (Å²) in [5.74, 6) is 2.14. The molecule has 1 aromatic heterocycles. The third kappa shape index (κ3) is 2.70. The lowest BCUT2D eigenvalue weighted by Gasteiger charge is -2.11. The number of fused-ring (bicyclic) bond motifs is 1. The summed E-state index contributed by atoms with van der Waals surface area (Å²) in [4.78, 5) is 8.38. The molecule has 0 bridgehead atoms. The van der Waals surface area contributed by atoms with Crippen LogP contribution in [-0.4, -0.2) is 23.9 Å². The predicted molar refractivity (Wildman–Crippen MR) is 76.5 cm³/mol. The van der Waals surface area contributed by atoms with Gasteiger partial charge in [-0.1, -0.05) is 22.0 Å². The molecule has 0 spiro atoms. The van der Waals surface area contributed by atoms with Crippen molar-refractivity contribution in [3.8, 4) is 17.4 Å². The lowest BCUT2D eigenvalue weighted by Crippen LogP contribution is -1.99. The molecule has 1 atom stereocenters. The summed E-state index contributed by atoms with van der Waals surface area (Å²) in [7, 11) is 1.59. The van der Waals surface area contributed by atoms with Crippen molar-refractivity contribution in [3.63, 3.8) is 0 Å². The number of methoxy groups -OCH3 is 1. The largest absolute Gasteiger partial charge is 0.481 e. The second kappa shape index (κ2) is 5.66. The number of nitrogens with zero attached hydrogens (tertiary/aromatic N) is 2. The first kappa shape index (κ1) is 13.2. The fourth-order valence-electron chi connectivity index (χ4n) is 2.01. The summed E-state index contributed by atoms with van der Waals surface area (Å²) in [6, 6.07) is 7.76. The van der Waals surface area contributed by atoms with Crippen molar-refractivity contribution in [2.75, 3.05) is 13.9 Å². The smallest absolute Gasteiger partial charge is 0.231 e. The van der Waals surface area contributed by atoms with Gasteiger partial charge in [0.05, 0.1) is 7.11 Å². The number of ether oxygens (including phenoxy) is 3. The third-order valence-corrected chi connectivity index (χ3v) is 3.91. The SMILES string of the molecule is COc1cc(CC(Br)c2ccc3c(c2)OCO3)ncn1. The van der Waals surface area contributed by atoms with Gasteiger partial charge >= 0.3 is 0 Å². The second-order valence-electron chi connectivity index (χ2n) is 4.34. The van der Waals surface area contributed by atoms with Gasteiger partial charge in [-0.15, -0.1) is 0 Å². The van der Waals surface area contributed by atoms with Crippen molar-refractivity contribution >= 4 is 15.9 Å². The van der Waals surface area contributed by atoms with Crippen LogP contribution in [0.2, 0.25) is 0 Å². The van der Waals surface area contributed by atoms with E-state index in [1.54, 1.807) is 7.11 Å². The standard InChI is InChI=1S/C14H13BrN2O3/c1-18-14-6-10(16-7-17-14)5-11(15)9-2-3-12-13(4-9)20-8-19-12/h2-4,6-7,11H,5,8H2,1H3. The van der Waals surface area contributed by atoms with E-state index in [0.717, 1.165) is 29.2 Å². The maximum absolute atomic E-state index is 5.39. The van der Waals surface area contributed by atoms with Gasteiger partial charge in [0.2, 0.25) is 12.7 Å². The highest BCUT2D eigenvalue weighted by atomic mass is 79.9. The zero-order chi connectivity index (χ0) is 13.9. The Balaban J connectivity index is 1.77. The van der Waals surface area contributed by atoms with Gasteiger partial charge in [0, 0.05) is 23.0 Å². The topological polar surface area (TPSA) is 53.5 Å². The van der Waals surface area contributed by atoms with Gasteiger partial charge in [0.1, 0.15) is 6.33 Å². The van der Waals surface area contributed by atoms with Gasteiger partial charge in [-0.05, 0) is 17.7 Å². The number of aromatic nitrogens is 2. The minimum absolute atomic E-state index is 0.136. The molecule has 1 aromatic carbocycles. The van der Waals surface area contributed by atoms with Crippen LogP contribution in [0, 0.1) is 0 Å². The van der Waals surface area contributed by atoms with E-state index in [-0.39, 0.29) is 11.6 Å². The van der Waals surface area contributed by atoms with E-state index in [9.17, 15) is 0 Å². The Kier molecular flexibility index (Phi) is 3.73. The van der Waals surface area contributed by atoms with Crippen molar-refractivity contribution in [2.45, 2.75) is 11.2 Å². The fraction of sp³-hybridized carbons (Fsp3) is 0.286. The van der Waals surface area contributed by atoms with Crippen molar-refractivity contribution in [1.82, 2.24) is 9.97 Å². The van der Waals surface area contributed by atoms with Gasteiger partial charge in [-0.2, -0.15) is 0 Å². The highest BCUT2D eigenvalue weighted by Gasteiger charge is 2.17. The van der Waals surface area contributed by atoms with Gasteiger partial charge in [-0.3, -0.25) is 0 Å². The average Bonchev–Trinajstić information content (AvgIpc) is 2.94. The summed E-state index contributed by atoms with van der Waals surface area (Å²) in [6.45, 7) is 0.287. The molecule has 2 heterocycles. The maximum Gasteiger partial charge on any atom is 0.231 e. The molecule has 0 N–H and O–H groups in total. The quantitative estimate of drug-likeness (QED) is 0.803. The first-order valence-corrected chi connectivity index (χ1v) is 7.06. The van der Waals surface area contributed by atoms with Crippen LogP contribution >= 0.6 is 15.9 Å². The number of hydrogen-bond acceptors (Lipinski definition) is 5. The van der Waals surface area contributed by atoms with E-state index in [2.05, 4.69) is 25.9 Å². The molecule has 1 unspecified atom stereocenters. The van der Waals surface area contributed by atoms with Gasteiger partial charge in [0.25, 0.3) is 0 Å². The van der Waals surface area contributed by atoms with Gasteiger partial charge in [0.15, 0.2) is 11.5 Å². The number of alkyl halides is 1. The molecule has 0 radical (unpaired) electrons. The molecule has 2 aromatic rings. The van der Waals surface area contributed by atoms with E-state index in [0.29, 0.717) is 5.88 Å². The van der Waals surface area contributed by atoms with E-state index in [1.165, 1.54) is 6.33 Å². The van der Waals surface area contributed by atoms with E-state index < -0.39 is 0 Å². The lowest BCUT2D eigenvalue weighted by atomic mass is 10.1. The Morgan fingerprint density at radius 1 is 1.25 bits per heavy atom. The molecule has 1 aliphatic rings. The van der Waals surface area contributed by atoms with Crippen LogP contribution in [0.15, 0.2) is 30.6 Å². The van der Waals surface area contributed by atoms with Crippen LogP contribution < -0.4 is 14.2 Å². The van der Waals surface area contributed by atoms with Crippen molar-refractivity contribution in [2.24, 2.45) is 0 Å². The lowest BCUT2D eigenvalue weighted by molar-refractivity contribution is 0.174. The monoisotopic (exact) mass is 336 g/mol. The molecule has 3 rings (SSSR count). The van der Waals surface area contributed by atoms with Crippen molar-refractivity contribution in [3.05, 3.63) is 41.9 Å². The zero-order valence-electron chi connectivity index (χ0n) is 10.9. The zero-order valence-corrected chi connectivity index (χ0v) is 12.5. The van der Waals surface area contributed by atoms with Crippen LogP contribution in [0.5, 0.6) is 17.4 Å². The fourth-order valence-corrected chi connectivity index (χ4v) is 2.63. The summed E-state index contributed by atoms with van der Waals surface area (Å²) < 4.78 is 15.8. The third-order valence-electron chi connectivity index (χ3n) is 3.05. The molecule has 5 nitrogen and oxygen atoms in total. The van der Waals surface area contributed by atoms with E-state index >= 15 is 0 Å². The molecule has 0 saturated heterocycles. The summed E-state index contributed by atoms with van der Waals surface area (Å²) >= 11 is 3.68. The molecular formula is C14H13BrN2O3. The Labute approximate surface area is 125 Å². The first-order valence-electron chi connectivity index (χ1n) is 6.15. The van der Waals surface area contributed by atoms with Crippen LogP contribution in [0.4, 0.5) is 0 Å². The Morgan fingerprint density at radius 2 is 2.10 bits per heavy atom. The summed E-state index contributed by atoms with van der Waals surface area (Å²) in [5, 5.41) is 0. The molecule has 104 valence electrons. The number of benzene rings is 1. The molecule has 0 amide bonds. The van der Waals surface area contributed by atoms with Gasteiger partial charge in [-0.25, -0.2) is 9.97 Å². The molecule has 0 fully saturated rings. The molecule has 20 heavy (non-hydrogen) atoms. The first-order chi connectivity index (χ1) is 9.76. The highest BCUT2D eigenvalue weighted by molar-refractivity contribution is 9.09. The predicted octanol–water partition coefficient (Wildman–Crippen LogP) is 2.89. The second-order valence-corrected chi connectivity index (χ2v) is 5.44. The normalized spacial score (nSPS) is 14.1. The van der Waals surface area contributed by atoms with Crippen molar-refractivity contribution < 1.29 is 14.2 Å². The van der Waals surface area contributed by atoms with E-state index in [1.807, 2.05) is 24.3 Å². The number of hydrogen-bond donors (Lipinski definition) is 0. The minimum Gasteiger partial charge on any atom is -0.481 e. The Bertz CT molecular complexity index is 621. The van der Waals surface area contributed by atoms with Crippen LogP contribution in [0.25, 0.3) is 0 Å². The average molecular weight is 337 g/mol. The van der Waals surface area contributed by atoms with Gasteiger partial charge < -0.3 is 14.2 Å². The number of halogens is 1. The molecule has 1 aliphatic heterocycles. The Morgan fingerprint density at radius 3 is 2.95 bits per heavy atom. The Hall–Kier alpha value is -1.82. The van der Waals surface area contributed by atoms with Crippen LogP contribution in [0.1, 0.15) is 16.1 Å². The minimum atomic E-state index is 0.136. The van der Waals surface area contributed by atoms with Crippen LogP contribution in [0.3, 0.4) is 0 Å². The molecule has 0 aliphatic carbocycles. The summed E-state index contributed by atoms with van der Waals surface area (Å²) in [6.07, 6.45) is 2.24. The highest BCUT2D eigenvalue weighted by Crippen LogP contribution is 2.37. The molecule has 6 heteroatoms. The van der Waals surface area contributed by atoms with Crippen LogP contribution in [-0.2, 0) is 6.42 Å².